The molecule has 0 radical (unpaired) electrons. The molecule has 2 N–H and O–H groups in total. The van der Waals surface area contributed by atoms with Crippen LogP contribution in [0.25, 0.3) is 11.2 Å². The van der Waals surface area contributed by atoms with Gasteiger partial charge in [-0.15, -0.1) is 0 Å². The summed E-state index contributed by atoms with van der Waals surface area (Å²) in [5, 5.41) is 21.7. The molecular weight excluding hydrogens is 508 g/mol. The number of carbonyl (C=O) groups is 1. The lowest BCUT2D eigenvalue weighted by Gasteiger charge is -2.70. The molecule has 0 aliphatic carbocycles. The van der Waals surface area contributed by atoms with Gasteiger partial charge >= 0.3 is 5.97 Å². The second kappa shape index (κ2) is 8.83. The lowest BCUT2D eigenvalue weighted by molar-refractivity contribution is -0.161. The van der Waals surface area contributed by atoms with Crippen LogP contribution in [-0.2, 0) is 14.3 Å². The molecule has 10 nitrogen and oxygen atoms in total. The third kappa shape index (κ3) is 4.06. The number of imidazole rings is 1. The summed E-state index contributed by atoms with van der Waals surface area (Å²) in [7, 11) is -4.38. The van der Waals surface area contributed by atoms with Gasteiger partial charge in [0.05, 0.1) is 18.7 Å². The maximum Gasteiger partial charge on any atom is 0.303 e. The minimum Gasteiger partial charge on any atom is -0.476 e. The van der Waals surface area contributed by atoms with Gasteiger partial charge in [-0.3, -0.25) is 9.36 Å². The van der Waals surface area contributed by atoms with Gasteiger partial charge in [-0.1, -0.05) is 61.2 Å². The third-order valence-corrected chi connectivity index (χ3v) is 17.6. The fourth-order valence-corrected chi connectivity index (χ4v) is 16.6. The fourth-order valence-electron chi connectivity index (χ4n) is 7.16. The van der Waals surface area contributed by atoms with Crippen molar-refractivity contribution in [1.82, 2.24) is 19.5 Å². The van der Waals surface area contributed by atoms with Crippen molar-refractivity contribution in [2.75, 3.05) is 6.61 Å². The zero-order valence-electron chi connectivity index (χ0n) is 23.7. The van der Waals surface area contributed by atoms with Gasteiger partial charge < -0.3 is 24.4 Å². The molecule has 0 saturated carbocycles. The van der Waals surface area contributed by atoms with E-state index >= 15 is 0 Å². The fraction of sp³-hybridized carbons (Fsp3) is 0.760. The van der Waals surface area contributed by atoms with Gasteiger partial charge in [0.1, 0.15) is 25.7 Å². The van der Waals surface area contributed by atoms with E-state index < -0.39 is 61.6 Å². The van der Waals surface area contributed by atoms with Crippen LogP contribution in [0.2, 0.25) is 35.8 Å². The number of ether oxygens (including phenoxy) is 3. The summed E-state index contributed by atoms with van der Waals surface area (Å²) < 4.78 is 19.8. The van der Waals surface area contributed by atoms with Gasteiger partial charge in [-0.05, 0) is 16.1 Å². The molecule has 0 aromatic carbocycles. The largest absolute Gasteiger partial charge is 0.476 e. The molecule has 2 aliphatic rings. The minimum atomic E-state index is -3.08. The number of fused-ring (bicyclic) bond motifs is 2. The molecule has 5 atom stereocenters. The number of nitrogens with zero attached hydrogens (tertiary/aromatic N) is 4. The highest BCUT2D eigenvalue weighted by Crippen LogP contribution is 2.70. The van der Waals surface area contributed by atoms with Crippen molar-refractivity contribution in [3.8, 4) is 5.88 Å². The summed E-state index contributed by atoms with van der Waals surface area (Å²) in [5.74, 6) is -0.159. The standard InChI is InChI=1S/C25H42N4O6Si2/c1-15(30)34-17-21(35-18-22(31)37(23(2,3)4,24(5,6)7)25(17,18)32)29-14-28-16-19(29)26-13-27-20(16)33-11-12-36(8,9)10/h13-14,17-18,21-22,31-32H,11-12H2,1-10H3/t17-,18+,21+,22?,25+/m0/s1. The molecule has 0 spiro atoms. The number of aliphatic hydroxyl groups is 2. The maximum absolute atomic E-state index is 12.5. The van der Waals surface area contributed by atoms with E-state index in [0.29, 0.717) is 23.7 Å². The molecule has 4 rings (SSSR count). The van der Waals surface area contributed by atoms with E-state index in [1.165, 1.54) is 13.3 Å². The minimum absolute atomic E-state index is 0.374. The molecule has 206 valence electrons. The van der Waals surface area contributed by atoms with Crippen molar-refractivity contribution in [2.24, 2.45) is 0 Å². The first kappa shape index (κ1) is 28.1. The molecule has 1 unspecified atom stereocenters. The van der Waals surface area contributed by atoms with Gasteiger partial charge in [0.25, 0.3) is 0 Å². The van der Waals surface area contributed by atoms with Crippen molar-refractivity contribution in [2.45, 2.75) is 114 Å². The Hall–Kier alpha value is -1.87. The Morgan fingerprint density at radius 3 is 2.32 bits per heavy atom. The number of aliphatic hydroxyl groups excluding tert-OH is 1. The maximum atomic E-state index is 12.5. The topological polar surface area (TPSA) is 129 Å². The zero-order chi connectivity index (χ0) is 27.8. The van der Waals surface area contributed by atoms with Crippen molar-refractivity contribution in [1.29, 1.82) is 0 Å². The first-order chi connectivity index (χ1) is 16.9. The molecule has 0 amide bonds. The van der Waals surface area contributed by atoms with Crippen LogP contribution < -0.4 is 4.74 Å². The highest BCUT2D eigenvalue weighted by Gasteiger charge is 2.87. The first-order valence-corrected chi connectivity index (χ1v) is 18.7. The van der Waals surface area contributed by atoms with Crippen LogP contribution >= 0.6 is 0 Å². The average Bonchev–Trinajstić information content (AvgIpc) is 3.23. The predicted octanol–water partition coefficient (Wildman–Crippen LogP) is 3.61. The number of hydrogen-bond acceptors (Lipinski definition) is 9. The zero-order valence-corrected chi connectivity index (χ0v) is 25.7. The Balaban J connectivity index is 1.79. The average molecular weight is 551 g/mol. The van der Waals surface area contributed by atoms with Crippen LogP contribution in [-0.4, -0.2) is 81.6 Å². The van der Waals surface area contributed by atoms with Crippen molar-refractivity contribution < 1.29 is 29.2 Å². The van der Waals surface area contributed by atoms with Crippen LogP contribution in [0.4, 0.5) is 0 Å². The predicted molar refractivity (Wildman–Crippen MR) is 145 cm³/mol. The van der Waals surface area contributed by atoms with E-state index in [-0.39, 0.29) is 0 Å². The van der Waals surface area contributed by atoms with Gasteiger partial charge in [-0.25, -0.2) is 9.97 Å². The summed E-state index contributed by atoms with van der Waals surface area (Å²) >= 11 is 0. The summed E-state index contributed by atoms with van der Waals surface area (Å²) in [6, 6.07) is 0.971. The first-order valence-electron chi connectivity index (χ1n) is 12.9. The van der Waals surface area contributed by atoms with Gasteiger partial charge in [-0.2, -0.15) is 4.98 Å². The lowest BCUT2D eigenvalue weighted by atomic mass is 10.1. The monoisotopic (exact) mass is 550 g/mol. The summed E-state index contributed by atoms with van der Waals surface area (Å²) in [6.45, 7) is 21.0. The molecule has 2 fully saturated rings. The molecular formula is C25H42N4O6Si2. The van der Waals surface area contributed by atoms with E-state index in [2.05, 4.69) is 34.6 Å². The van der Waals surface area contributed by atoms with E-state index in [0.717, 1.165) is 6.04 Å². The Morgan fingerprint density at radius 2 is 1.78 bits per heavy atom. The van der Waals surface area contributed by atoms with E-state index in [4.69, 9.17) is 14.2 Å². The highest BCUT2D eigenvalue weighted by atomic mass is 28.3. The van der Waals surface area contributed by atoms with E-state index in [1.54, 1.807) is 10.9 Å². The second-order valence-electron chi connectivity index (χ2n) is 13.7. The van der Waals surface area contributed by atoms with E-state index in [1.807, 2.05) is 41.5 Å². The number of aromatic nitrogens is 4. The van der Waals surface area contributed by atoms with Crippen LogP contribution in [0.5, 0.6) is 5.88 Å². The number of esters is 1. The van der Waals surface area contributed by atoms with Crippen molar-refractivity contribution >= 4 is 33.3 Å². The van der Waals surface area contributed by atoms with Gasteiger partial charge in [0.2, 0.25) is 5.88 Å². The quantitative estimate of drug-likeness (QED) is 0.409. The van der Waals surface area contributed by atoms with Crippen LogP contribution in [0, 0.1) is 0 Å². The van der Waals surface area contributed by atoms with Crippen LogP contribution in [0.1, 0.15) is 54.7 Å². The van der Waals surface area contributed by atoms with Crippen molar-refractivity contribution in [3.05, 3.63) is 12.7 Å². The van der Waals surface area contributed by atoms with E-state index in [9.17, 15) is 15.0 Å². The molecule has 12 heteroatoms. The molecule has 4 heterocycles. The highest BCUT2D eigenvalue weighted by molar-refractivity contribution is 6.92. The second-order valence-corrected chi connectivity index (χ2v) is 25.3. The molecule has 2 aromatic rings. The molecule has 37 heavy (non-hydrogen) atoms. The van der Waals surface area contributed by atoms with Gasteiger partial charge in [0, 0.05) is 15.0 Å². The Labute approximate surface area is 220 Å². The number of rotatable bonds is 6. The Morgan fingerprint density at radius 1 is 1.16 bits per heavy atom. The third-order valence-electron chi connectivity index (χ3n) is 8.12. The summed E-state index contributed by atoms with van der Waals surface area (Å²) in [4.78, 5) is 25.6. The van der Waals surface area contributed by atoms with Gasteiger partial charge in [0.15, 0.2) is 23.5 Å². The number of carbonyl (C=O) groups excluding carboxylic acids is 1. The Bertz CT molecular complexity index is 1170. The normalized spacial score (nSPS) is 29.6. The molecule has 0 bridgehead atoms. The smallest absolute Gasteiger partial charge is 0.303 e. The summed E-state index contributed by atoms with van der Waals surface area (Å²) in [5.41, 5.74) is 0.0499. The lowest BCUT2D eigenvalue weighted by Crippen LogP contribution is -2.92. The molecule has 2 aliphatic heterocycles. The molecule has 2 saturated heterocycles. The van der Waals surface area contributed by atoms with Crippen LogP contribution in [0.3, 0.4) is 0 Å². The SMILES string of the molecule is CC(=O)O[C@H]1[C@H](n2cnc3c(OCC[Si](C)(C)C)ncnc32)O[C@@H]2C(O)[Si](C(C)(C)C)(C(C)(C)C)[C@@]21O. The molecule has 2 aromatic heterocycles. The Kier molecular flexibility index (Phi) is 6.72. The summed E-state index contributed by atoms with van der Waals surface area (Å²) in [6.07, 6.45) is 0.0686. The number of hydrogen-bond donors (Lipinski definition) is 2. The van der Waals surface area contributed by atoms with Crippen molar-refractivity contribution in [3.63, 3.8) is 0 Å². The van der Waals surface area contributed by atoms with Crippen LogP contribution in [0.15, 0.2) is 12.7 Å².